The van der Waals surface area contributed by atoms with Crippen molar-refractivity contribution >= 4 is 35.8 Å². The maximum absolute atomic E-state index is 13.7. The Morgan fingerprint density at radius 3 is 2.09 bits per heavy atom. The predicted octanol–water partition coefficient (Wildman–Crippen LogP) is 3.49. The third kappa shape index (κ3) is 6.95. The fourth-order valence-electron chi connectivity index (χ4n) is 3.64. The molecule has 1 aliphatic heterocycles. The SMILES string of the molecule is NC(N)=NC(=O)c1ccc(C2CCN(C(=O)c3ccc(Cl)cc3)CC2)c(C(F)(F)F)c1.O=CO. The number of aliphatic imine (C=N–C) groups is 1. The molecule has 0 unspecified atom stereocenters. The van der Waals surface area contributed by atoms with Crippen LogP contribution in [-0.4, -0.2) is 47.3 Å². The average Bonchev–Trinajstić information content (AvgIpc) is 2.78. The number of nitrogens with two attached hydrogens (primary N) is 2. The first-order chi connectivity index (χ1) is 16.0. The van der Waals surface area contributed by atoms with Crippen LogP contribution in [-0.2, 0) is 11.0 Å². The van der Waals surface area contributed by atoms with E-state index in [1.807, 2.05) is 0 Å². The fourth-order valence-corrected chi connectivity index (χ4v) is 3.77. The average molecular weight is 499 g/mol. The lowest BCUT2D eigenvalue weighted by Gasteiger charge is -2.33. The van der Waals surface area contributed by atoms with Crippen molar-refractivity contribution in [2.45, 2.75) is 24.9 Å². The van der Waals surface area contributed by atoms with Gasteiger partial charge in [0.15, 0.2) is 5.96 Å². The summed E-state index contributed by atoms with van der Waals surface area (Å²) < 4.78 is 41.1. The Morgan fingerprint density at radius 2 is 1.59 bits per heavy atom. The molecule has 0 saturated carbocycles. The Balaban J connectivity index is 0.00000129. The number of carbonyl (C=O) groups excluding carboxylic acids is 2. The van der Waals surface area contributed by atoms with Crippen LogP contribution >= 0.6 is 11.6 Å². The minimum Gasteiger partial charge on any atom is -0.483 e. The summed E-state index contributed by atoms with van der Waals surface area (Å²) in [7, 11) is 0. The van der Waals surface area contributed by atoms with Gasteiger partial charge >= 0.3 is 6.18 Å². The molecular formula is C22H22ClF3N4O4. The second-order valence-corrected chi connectivity index (χ2v) is 7.76. The van der Waals surface area contributed by atoms with Crippen LogP contribution in [0, 0.1) is 0 Å². The molecule has 2 aromatic rings. The van der Waals surface area contributed by atoms with Gasteiger partial charge in [-0.25, -0.2) is 0 Å². The fraction of sp³-hybridized carbons (Fsp3) is 0.273. The predicted molar refractivity (Wildman–Crippen MR) is 120 cm³/mol. The Morgan fingerprint density at radius 1 is 1.06 bits per heavy atom. The van der Waals surface area contributed by atoms with Crippen molar-refractivity contribution in [3.8, 4) is 0 Å². The van der Waals surface area contributed by atoms with Gasteiger partial charge in [-0.15, -0.1) is 0 Å². The molecular weight excluding hydrogens is 477 g/mol. The molecule has 34 heavy (non-hydrogen) atoms. The highest BCUT2D eigenvalue weighted by atomic mass is 35.5. The summed E-state index contributed by atoms with van der Waals surface area (Å²) in [6, 6.07) is 9.81. The number of hydrogen-bond donors (Lipinski definition) is 3. The molecule has 1 heterocycles. The van der Waals surface area contributed by atoms with Crippen LogP contribution in [0.15, 0.2) is 47.5 Å². The summed E-state index contributed by atoms with van der Waals surface area (Å²) in [6.45, 7) is 0.385. The lowest BCUT2D eigenvalue weighted by atomic mass is 9.85. The highest BCUT2D eigenvalue weighted by Crippen LogP contribution is 2.39. The number of guanidine groups is 1. The van der Waals surface area contributed by atoms with Crippen LogP contribution in [0.25, 0.3) is 0 Å². The lowest BCUT2D eigenvalue weighted by Crippen LogP contribution is -2.38. The quantitative estimate of drug-likeness (QED) is 0.336. The number of alkyl halides is 3. The van der Waals surface area contributed by atoms with Crippen LogP contribution in [0.5, 0.6) is 0 Å². The number of carboxylic acid groups (broad SMARTS) is 1. The lowest BCUT2D eigenvalue weighted by molar-refractivity contribution is -0.138. The van der Waals surface area contributed by atoms with Gasteiger partial charge in [0.25, 0.3) is 18.3 Å². The molecule has 8 nitrogen and oxygen atoms in total. The van der Waals surface area contributed by atoms with Gasteiger partial charge in [0.1, 0.15) is 0 Å². The summed E-state index contributed by atoms with van der Waals surface area (Å²) in [5.41, 5.74) is 9.69. The van der Waals surface area contributed by atoms with Gasteiger partial charge in [0, 0.05) is 29.2 Å². The standard InChI is InChI=1S/C21H20ClF3N4O2.CH2O2/c22-15-4-1-13(2-5-15)19(31)29-9-7-12(8-10-29)16-6-3-14(18(30)28-20(26)27)11-17(16)21(23,24)25;2-1-3/h1-6,11-12H,7-10H2,(H4,26,27,28,30);1H,(H,2,3). The van der Waals surface area contributed by atoms with Gasteiger partial charge in [-0.2, -0.15) is 18.2 Å². The van der Waals surface area contributed by atoms with Crippen LogP contribution in [0.3, 0.4) is 0 Å². The highest BCUT2D eigenvalue weighted by Gasteiger charge is 2.37. The summed E-state index contributed by atoms with van der Waals surface area (Å²) in [6.07, 6.45) is -3.92. The van der Waals surface area contributed by atoms with Gasteiger partial charge < -0.3 is 21.5 Å². The van der Waals surface area contributed by atoms with E-state index in [4.69, 9.17) is 33.0 Å². The zero-order valence-corrected chi connectivity index (χ0v) is 18.5. The van der Waals surface area contributed by atoms with Crippen molar-refractivity contribution in [2.75, 3.05) is 13.1 Å². The number of rotatable bonds is 3. The van der Waals surface area contributed by atoms with E-state index >= 15 is 0 Å². The normalized spacial score (nSPS) is 13.9. The molecule has 1 fully saturated rings. The van der Waals surface area contributed by atoms with Crippen LogP contribution in [0.4, 0.5) is 13.2 Å². The van der Waals surface area contributed by atoms with E-state index in [-0.39, 0.29) is 23.5 Å². The zero-order chi connectivity index (χ0) is 25.5. The summed E-state index contributed by atoms with van der Waals surface area (Å²) in [5.74, 6) is -2.07. The van der Waals surface area contributed by atoms with Crippen molar-refractivity contribution in [3.63, 3.8) is 0 Å². The third-order valence-corrected chi connectivity index (χ3v) is 5.40. The van der Waals surface area contributed by atoms with E-state index in [2.05, 4.69) is 4.99 Å². The van der Waals surface area contributed by atoms with Crippen molar-refractivity contribution in [1.82, 2.24) is 4.90 Å². The number of benzene rings is 2. The number of likely N-dealkylation sites (tertiary alicyclic amines) is 1. The smallest absolute Gasteiger partial charge is 0.416 e. The minimum absolute atomic E-state index is 0.0901. The first-order valence-corrected chi connectivity index (χ1v) is 10.3. The van der Waals surface area contributed by atoms with E-state index in [1.54, 1.807) is 29.2 Å². The molecule has 0 aliphatic carbocycles. The van der Waals surface area contributed by atoms with Crippen molar-refractivity contribution in [3.05, 3.63) is 69.7 Å². The summed E-state index contributed by atoms with van der Waals surface area (Å²) in [4.78, 5) is 37.8. The maximum atomic E-state index is 13.7. The van der Waals surface area contributed by atoms with Crippen molar-refractivity contribution < 1.29 is 32.7 Å². The molecule has 182 valence electrons. The Labute approximate surface area is 198 Å². The molecule has 3 rings (SSSR count). The largest absolute Gasteiger partial charge is 0.483 e. The van der Waals surface area contributed by atoms with Gasteiger partial charge in [-0.1, -0.05) is 17.7 Å². The van der Waals surface area contributed by atoms with Crippen LogP contribution < -0.4 is 11.5 Å². The molecule has 2 amide bonds. The number of halogens is 4. The topological polar surface area (TPSA) is 139 Å². The molecule has 0 bridgehead atoms. The first kappa shape index (κ1) is 26.7. The minimum atomic E-state index is -4.65. The van der Waals surface area contributed by atoms with E-state index in [0.717, 1.165) is 6.07 Å². The second-order valence-electron chi connectivity index (χ2n) is 7.32. The number of amides is 2. The van der Waals surface area contributed by atoms with Crippen molar-refractivity contribution in [2.24, 2.45) is 16.5 Å². The maximum Gasteiger partial charge on any atom is 0.416 e. The molecule has 0 radical (unpaired) electrons. The van der Waals surface area contributed by atoms with Gasteiger partial charge in [0.2, 0.25) is 0 Å². The highest BCUT2D eigenvalue weighted by molar-refractivity contribution is 6.30. The Bertz CT molecular complexity index is 1060. The van der Waals surface area contributed by atoms with E-state index in [9.17, 15) is 22.8 Å². The van der Waals surface area contributed by atoms with Gasteiger partial charge in [0.05, 0.1) is 5.56 Å². The molecule has 0 aromatic heterocycles. The Hall–Kier alpha value is -3.60. The molecule has 5 N–H and O–H groups in total. The van der Waals surface area contributed by atoms with E-state index in [1.165, 1.54) is 12.1 Å². The molecule has 2 aromatic carbocycles. The van der Waals surface area contributed by atoms with E-state index in [0.29, 0.717) is 36.5 Å². The van der Waals surface area contributed by atoms with E-state index < -0.39 is 29.5 Å². The number of nitrogens with zero attached hydrogens (tertiary/aromatic N) is 2. The molecule has 12 heteroatoms. The summed E-state index contributed by atoms with van der Waals surface area (Å²) in [5, 5.41) is 7.40. The second kappa shape index (κ2) is 11.5. The number of carbonyl (C=O) groups is 3. The van der Waals surface area contributed by atoms with Gasteiger partial charge in [-0.3, -0.25) is 14.4 Å². The third-order valence-electron chi connectivity index (χ3n) is 5.15. The summed E-state index contributed by atoms with van der Waals surface area (Å²) >= 11 is 5.84. The molecule has 1 aliphatic rings. The first-order valence-electron chi connectivity index (χ1n) is 9.95. The number of piperidine rings is 1. The van der Waals surface area contributed by atoms with Crippen LogP contribution in [0.1, 0.15) is 50.6 Å². The zero-order valence-electron chi connectivity index (χ0n) is 17.8. The number of hydrogen-bond acceptors (Lipinski definition) is 3. The monoisotopic (exact) mass is 498 g/mol. The molecule has 0 atom stereocenters. The Kier molecular flexibility index (Phi) is 9.02. The van der Waals surface area contributed by atoms with Gasteiger partial charge in [-0.05, 0) is 60.7 Å². The molecule has 1 saturated heterocycles. The van der Waals surface area contributed by atoms with Crippen molar-refractivity contribution in [1.29, 1.82) is 0 Å². The molecule has 0 spiro atoms. The van der Waals surface area contributed by atoms with Crippen LogP contribution in [0.2, 0.25) is 5.02 Å².